The third-order valence-electron chi connectivity index (χ3n) is 3.28. The fourth-order valence-electron chi connectivity index (χ4n) is 2.27. The van der Waals surface area contributed by atoms with Crippen LogP contribution in [-0.4, -0.2) is 25.4 Å². The molecule has 0 saturated heterocycles. The molecule has 8 nitrogen and oxygen atoms in total. The summed E-state index contributed by atoms with van der Waals surface area (Å²) in [5, 5.41) is 11.6. The molecule has 1 amide bonds. The highest BCUT2D eigenvalue weighted by Crippen LogP contribution is 2.18. The van der Waals surface area contributed by atoms with Crippen LogP contribution in [0.4, 0.5) is 9.18 Å². The van der Waals surface area contributed by atoms with E-state index in [1.54, 1.807) is 0 Å². The van der Waals surface area contributed by atoms with Crippen molar-refractivity contribution in [3.63, 3.8) is 0 Å². The molecule has 3 rings (SSSR count). The lowest BCUT2D eigenvalue weighted by Gasteiger charge is -2.16. The summed E-state index contributed by atoms with van der Waals surface area (Å²) in [5.41, 5.74) is 0. The van der Waals surface area contributed by atoms with Crippen molar-refractivity contribution < 1.29 is 26.9 Å². The highest BCUT2D eigenvalue weighted by atomic mass is 32.2. The summed E-state index contributed by atoms with van der Waals surface area (Å²) in [6, 6.07) is 8.35. The Morgan fingerprint density at radius 3 is 2.44 bits per heavy atom. The monoisotopic (exact) mass is 365 g/mol. The van der Waals surface area contributed by atoms with E-state index < -0.39 is 27.8 Å². The summed E-state index contributed by atoms with van der Waals surface area (Å²) in [6.45, 7) is 1.46. The zero-order valence-electron chi connectivity index (χ0n) is 12.8. The Bertz CT molecular complexity index is 1070. The van der Waals surface area contributed by atoms with Gasteiger partial charge in [-0.15, -0.1) is 0 Å². The maximum Gasteiger partial charge on any atom is 0.408 e. The van der Waals surface area contributed by atoms with E-state index in [4.69, 9.17) is 9.29 Å². The van der Waals surface area contributed by atoms with Crippen molar-refractivity contribution in [1.29, 1.82) is 0 Å². The molecule has 1 unspecified atom stereocenters. The van der Waals surface area contributed by atoms with Crippen molar-refractivity contribution in [1.82, 2.24) is 5.32 Å². The number of nitrogens with zero attached hydrogens (tertiary/aromatic N) is 2. The maximum absolute atomic E-state index is 12.9. The Hall–Kier alpha value is -3.01. The quantitative estimate of drug-likeness (QED) is 0.777. The summed E-state index contributed by atoms with van der Waals surface area (Å²) in [6.07, 6.45) is -1.29. The molecular weight excluding hydrogens is 353 g/mol. The standard InChI is InChI=1S/C15H12FN3O5S/c1-15(19-14(20)21)17-12-7-4-10(8-13(12)18-15)24-25(22,23)11-5-2-9(16)3-6-11/h2-8,19H,1H3,(H,20,21). The van der Waals surface area contributed by atoms with Crippen LogP contribution in [0.2, 0.25) is 0 Å². The van der Waals surface area contributed by atoms with E-state index >= 15 is 0 Å². The first-order valence-corrected chi connectivity index (χ1v) is 8.39. The van der Waals surface area contributed by atoms with E-state index in [0.29, 0.717) is 5.36 Å². The van der Waals surface area contributed by atoms with Gasteiger partial charge in [-0.25, -0.2) is 19.2 Å². The molecule has 25 heavy (non-hydrogen) atoms. The van der Waals surface area contributed by atoms with Crippen LogP contribution in [-0.2, 0) is 10.1 Å². The third-order valence-corrected chi connectivity index (χ3v) is 4.54. The van der Waals surface area contributed by atoms with Gasteiger partial charge in [-0.1, -0.05) is 0 Å². The second kappa shape index (κ2) is 5.81. The van der Waals surface area contributed by atoms with Gasteiger partial charge in [-0.3, -0.25) is 5.32 Å². The first-order valence-electron chi connectivity index (χ1n) is 6.98. The first-order chi connectivity index (χ1) is 11.7. The second-order valence-corrected chi connectivity index (χ2v) is 6.86. The maximum atomic E-state index is 12.9. The van der Waals surface area contributed by atoms with Crippen LogP contribution in [0.15, 0.2) is 57.3 Å². The van der Waals surface area contributed by atoms with Crippen LogP contribution in [0.3, 0.4) is 0 Å². The molecule has 0 saturated carbocycles. The highest BCUT2D eigenvalue weighted by Gasteiger charge is 2.27. The average Bonchev–Trinajstić information content (AvgIpc) is 2.81. The highest BCUT2D eigenvalue weighted by molar-refractivity contribution is 7.87. The lowest BCUT2D eigenvalue weighted by molar-refractivity contribution is 0.182. The van der Waals surface area contributed by atoms with Crippen LogP contribution in [0.5, 0.6) is 5.75 Å². The summed E-state index contributed by atoms with van der Waals surface area (Å²) in [5.74, 6) is -1.98. The molecule has 130 valence electrons. The minimum atomic E-state index is -4.14. The molecule has 0 aromatic heterocycles. The SMILES string of the molecule is CC1(NC(=O)O)N=c2ccc(OS(=O)(=O)c3ccc(F)cc3)cc2=N1. The molecular formula is C15H12FN3O5S. The van der Waals surface area contributed by atoms with Crippen molar-refractivity contribution >= 4 is 16.2 Å². The van der Waals surface area contributed by atoms with Crippen LogP contribution in [0.1, 0.15) is 6.92 Å². The number of halogens is 1. The smallest absolute Gasteiger partial charge is 0.408 e. The zero-order valence-corrected chi connectivity index (χ0v) is 13.6. The number of benzene rings is 2. The Balaban J connectivity index is 1.92. The van der Waals surface area contributed by atoms with Crippen molar-refractivity contribution in [2.45, 2.75) is 17.6 Å². The number of hydrogen-bond donors (Lipinski definition) is 2. The fourth-order valence-corrected chi connectivity index (χ4v) is 3.19. The molecule has 0 spiro atoms. The molecule has 1 heterocycles. The third kappa shape index (κ3) is 3.58. The van der Waals surface area contributed by atoms with Gasteiger partial charge in [0.25, 0.3) is 0 Å². The normalized spacial score (nSPS) is 18.6. The number of fused-ring (bicyclic) bond motifs is 1. The van der Waals surface area contributed by atoms with E-state index in [1.165, 1.54) is 25.1 Å². The number of carboxylic acid groups (broad SMARTS) is 1. The Morgan fingerprint density at radius 2 is 1.80 bits per heavy atom. The molecule has 1 aliphatic rings. The topological polar surface area (TPSA) is 117 Å². The van der Waals surface area contributed by atoms with Gasteiger partial charge in [0, 0.05) is 13.0 Å². The number of rotatable bonds is 4. The molecule has 1 aliphatic heterocycles. The average molecular weight is 365 g/mol. The van der Waals surface area contributed by atoms with Gasteiger partial charge in [-0.05, 0) is 36.4 Å². The first kappa shape index (κ1) is 16.8. The van der Waals surface area contributed by atoms with Gasteiger partial charge in [0.1, 0.15) is 16.5 Å². The molecule has 1 atom stereocenters. The summed E-state index contributed by atoms with van der Waals surface area (Å²) in [4.78, 5) is 18.8. The fraction of sp³-hybridized carbons (Fsp3) is 0.133. The van der Waals surface area contributed by atoms with E-state index in [-0.39, 0.29) is 16.0 Å². The van der Waals surface area contributed by atoms with Gasteiger partial charge >= 0.3 is 16.2 Å². The number of amides is 1. The van der Waals surface area contributed by atoms with Gasteiger partial charge in [-0.2, -0.15) is 8.42 Å². The van der Waals surface area contributed by atoms with Crippen LogP contribution in [0.25, 0.3) is 0 Å². The van der Waals surface area contributed by atoms with Gasteiger partial charge in [0.2, 0.25) is 5.79 Å². The zero-order chi connectivity index (χ0) is 18.2. The molecule has 10 heteroatoms. The van der Waals surface area contributed by atoms with Gasteiger partial charge < -0.3 is 9.29 Å². The lowest BCUT2D eigenvalue weighted by atomic mass is 10.3. The molecule has 0 bridgehead atoms. The molecule has 2 aromatic rings. The van der Waals surface area contributed by atoms with Crippen LogP contribution < -0.4 is 20.2 Å². The predicted octanol–water partition coefficient (Wildman–Crippen LogP) is 0.787. The Labute approximate surface area is 141 Å². The van der Waals surface area contributed by atoms with E-state index in [1.807, 2.05) is 0 Å². The number of nitrogens with one attached hydrogen (secondary N) is 1. The summed E-state index contributed by atoms with van der Waals surface area (Å²) < 4.78 is 42.3. The second-order valence-electron chi connectivity index (χ2n) is 5.32. The number of carbonyl (C=O) groups is 1. The lowest BCUT2D eigenvalue weighted by Crippen LogP contribution is -2.41. The van der Waals surface area contributed by atoms with Gasteiger partial charge in [0.15, 0.2) is 0 Å². The predicted molar refractivity (Wildman–Crippen MR) is 82.5 cm³/mol. The minimum Gasteiger partial charge on any atom is -0.465 e. The van der Waals surface area contributed by atoms with Crippen molar-refractivity contribution in [3.05, 3.63) is 59.0 Å². The largest absolute Gasteiger partial charge is 0.465 e. The van der Waals surface area contributed by atoms with E-state index in [9.17, 15) is 17.6 Å². The molecule has 0 aliphatic carbocycles. The van der Waals surface area contributed by atoms with Crippen molar-refractivity contribution in [2.24, 2.45) is 9.98 Å². The number of hydrogen-bond acceptors (Lipinski definition) is 6. The Kier molecular flexibility index (Phi) is 3.91. The minimum absolute atomic E-state index is 0.0263. The molecule has 2 N–H and O–H groups in total. The van der Waals surface area contributed by atoms with Crippen LogP contribution >= 0.6 is 0 Å². The summed E-state index contributed by atoms with van der Waals surface area (Å²) in [7, 11) is -4.14. The van der Waals surface area contributed by atoms with Crippen molar-refractivity contribution in [2.75, 3.05) is 0 Å². The molecule has 0 radical (unpaired) electrons. The van der Waals surface area contributed by atoms with Crippen molar-refractivity contribution in [3.8, 4) is 5.75 Å². The van der Waals surface area contributed by atoms with Gasteiger partial charge in [0.05, 0.1) is 10.7 Å². The Morgan fingerprint density at radius 1 is 1.16 bits per heavy atom. The van der Waals surface area contributed by atoms with E-state index in [2.05, 4.69) is 15.3 Å². The van der Waals surface area contributed by atoms with E-state index in [0.717, 1.165) is 24.3 Å². The van der Waals surface area contributed by atoms with Crippen LogP contribution in [0, 0.1) is 5.82 Å². The molecule has 2 aromatic carbocycles. The summed E-state index contributed by atoms with van der Waals surface area (Å²) >= 11 is 0. The molecule has 0 fully saturated rings.